The summed E-state index contributed by atoms with van der Waals surface area (Å²) in [4.78, 5) is 11.4. The van der Waals surface area contributed by atoms with Crippen LogP contribution in [0, 0.1) is 17.3 Å². The van der Waals surface area contributed by atoms with Crippen LogP contribution >= 0.6 is 0 Å². The summed E-state index contributed by atoms with van der Waals surface area (Å²) in [6, 6.07) is 0. The van der Waals surface area contributed by atoms with Crippen LogP contribution in [0.15, 0.2) is 0 Å². The van der Waals surface area contributed by atoms with Crippen molar-refractivity contribution in [3.63, 3.8) is 0 Å². The van der Waals surface area contributed by atoms with Gasteiger partial charge in [-0.3, -0.25) is 4.79 Å². The minimum Gasteiger partial charge on any atom is -0.299 e. The molecule has 3 atom stereocenters. The Bertz CT molecular complexity index is 189. The second-order valence-electron chi connectivity index (χ2n) is 4.44. The Morgan fingerprint density at radius 2 is 2.18 bits per heavy atom. The summed E-state index contributed by atoms with van der Waals surface area (Å²) in [5.41, 5.74) is 0.0955. The number of carbonyl (C=O) groups excluding carboxylic acids is 1. The number of hydrogen-bond acceptors (Lipinski definition) is 1. The van der Waals surface area contributed by atoms with Crippen LogP contribution in [0.3, 0.4) is 0 Å². The minimum atomic E-state index is 0.0955. The van der Waals surface area contributed by atoms with Crippen molar-refractivity contribution in [1.29, 1.82) is 0 Å². The maximum absolute atomic E-state index is 11.4. The van der Waals surface area contributed by atoms with Crippen LogP contribution in [-0.2, 0) is 4.79 Å². The van der Waals surface area contributed by atoms with E-state index < -0.39 is 0 Å². The van der Waals surface area contributed by atoms with Crippen molar-refractivity contribution in [3.8, 4) is 0 Å². The van der Waals surface area contributed by atoms with Gasteiger partial charge < -0.3 is 0 Å². The number of carbonyl (C=O) groups is 1. The lowest BCUT2D eigenvalue weighted by molar-refractivity contribution is -0.154. The summed E-state index contributed by atoms with van der Waals surface area (Å²) in [5, 5.41) is 0. The molecule has 0 radical (unpaired) electrons. The fourth-order valence-corrected chi connectivity index (χ4v) is 2.80. The van der Waals surface area contributed by atoms with Gasteiger partial charge in [-0.1, -0.05) is 20.3 Å². The van der Waals surface area contributed by atoms with Crippen molar-refractivity contribution in [2.75, 3.05) is 0 Å². The molecule has 0 aromatic carbocycles. The fraction of sp³-hybridized carbons (Fsp3) is 0.900. The molecule has 2 aliphatic carbocycles. The second kappa shape index (κ2) is 2.09. The monoisotopic (exact) mass is 152 g/mol. The molecule has 0 amide bonds. The third kappa shape index (κ3) is 0.743. The second-order valence-corrected chi connectivity index (χ2v) is 4.44. The van der Waals surface area contributed by atoms with Crippen molar-refractivity contribution in [1.82, 2.24) is 0 Å². The van der Waals surface area contributed by atoms with Crippen LogP contribution in [0.25, 0.3) is 0 Å². The highest BCUT2D eigenvalue weighted by Gasteiger charge is 2.54. The van der Waals surface area contributed by atoms with Gasteiger partial charge in [0.25, 0.3) is 0 Å². The molecule has 0 saturated heterocycles. The smallest absolute Gasteiger partial charge is 0.139 e. The molecule has 0 aliphatic heterocycles. The van der Waals surface area contributed by atoms with Crippen LogP contribution in [0.1, 0.15) is 39.5 Å². The summed E-state index contributed by atoms with van der Waals surface area (Å²) in [7, 11) is 0. The van der Waals surface area contributed by atoms with Crippen LogP contribution < -0.4 is 0 Å². The topological polar surface area (TPSA) is 17.1 Å². The fourth-order valence-electron chi connectivity index (χ4n) is 2.80. The Morgan fingerprint density at radius 1 is 1.45 bits per heavy atom. The van der Waals surface area contributed by atoms with Crippen LogP contribution in [-0.4, -0.2) is 5.78 Å². The van der Waals surface area contributed by atoms with E-state index in [9.17, 15) is 4.79 Å². The molecule has 0 bridgehead atoms. The van der Waals surface area contributed by atoms with Gasteiger partial charge >= 0.3 is 0 Å². The Balaban J connectivity index is 2.22. The highest BCUT2D eigenvalue weighted by Crippen LogP contribution is 2.55. The van der Waals surface area contributed by atoms with Gasteiger partial charge in [0.05, 0.1) is 0 Å². The molecular formula is C10H16O. The first kappa shape index (κ1) is 7.33. The summed E-state index contributed by atoms with van der Waals surface area (Å²) in [5.74, 6) is 1.90. The Labute approximate surface area is 68.2 Å². The largest absolute Gasteiger partial charge is 0.299 e. The number of hydrogen-bond donors (Lipinski definition) is 0. The first-order valence-electron chi connectivity index (χ1n) is 4.69. The summed E-state index contributed by atoms with van der Waals surface area (Å²) >= 11 is 0. The van der Waals surface area contributed by atoms with Gasteiger partial charge in [-0.25, -0.2) is 0 Å². The molecular weight excluding hydrogens is 136 g/mol. The van der Waals surface area contributed by atoms with Gasteiger partial charge in [-0.05, 0) is 24.7 Å². The van der Waals surface area contributed by atoms with E-state index in [0.717, 1.165) is 12.3 Å². The lowest BCUT2D eigenvalue weighted by Gasteiger charge is -2.52. The van der Waals surface area contributed by atoms with Crippen LogP contribution in [0.4, 0.5) is 0 Å². The van der Waals surface area contributed by atoms with Gasteiger partial charge in [-0.15, -0.1) is 0 Å². The first-order valence-corrected chi connectivity index (χ1v) is 4.69. The van der Waals surface area contributed by atoms with Crippen LogP contribution in [0.2, 0.25) is 0 Å². The van der Waals surface area contributed by atoms with E-state index >= 15 is 0 Å². The maximum atomic E-state index is 11.4. The lowest BCUT2D eigenvalue weighted by Crippen LogP contribution is -2.53. The zero-order valence-electron chi connectivity index (χ0n) is 7.39. The van der Waals surface area contributed by atoms with Crippen molar-refractivity contribution < 1.29 is 4.79 Å². The molecule has 1 heteroatoms. The molecule has 2 aliphatic rings. The van der Waals surface area contributed by atoms with E-state index in [1.165, 1.54) is 19.3 Å². The highest BCUT2D eigenvalue weighted by atomic mass is 16.1. The predicted molar refractivity (Wildman–Crippen MR) is 44.2 cm³/mol. The third-order valence-electron chi connectivity index (χ3n) is 4.09. The van der Waals surface area contributed by atoms with Crippen molar-refractivity contribution in [3.05, 3.63) is 0 Å². The average Bonchev–Trinajstić information content (AvgIpc) is 1.99. The Kier molecular flexibility index (Phi) is 1.39. The summed E-state index contributed by atoms with van der Waals surface area (Å²) < 4.78 is 0. The van der Waals surface area contributed by atoms with E-state index in [1.807, 2.05) is 0 Å². The number of fused-ring (bicyclic) bond motifs is 1. The van der Waals surface area contributed by atoms with Crippen LogP contribution in [0.5, 0.6) is 0 Å². The predicted octanol–water partition coefficient (Wildman–Crippen LogP) is 2.40. The Morgan fingerprint density at radius 3 is 2.64 bits per heavy atom. The average molecular weight is 152 g/mol. The van der Waals surface area contributed by atoms with Crippen molar-refractivity contribution in [2.24, 2.45) is 17.3 Å². The zero-order valence-corrected chi connectivity index (χ0v) is 7.39. The van der Waals surface area contributed by atoms with Gasteiger partial charge in [0.1, 0.15) is 5.78 Å². The molecule has 1 nitrogen and oxygen atoms in total. The molecule has 0 spiro atoms. The van der Waals surface area contributed by atoms with E-state index in [2.05, 4.69) is 13.8 Å². The number of ketones is 1. The van der Waals surface area contributed by atoms with E-state index in [-0.39, 0.29) is 5.41 Å². The first-order chi connectivity index (χ1) is 5.15. The molecule has 0 heterocycles. The third-order valence-corrected chi connectivity index (χ3v) is 4.09. The van der Waals surface area contributed by atoms with Gasteiger partial charge in [0.2, 0.25) is 0 Å². The van der Waals surface area contributed by atoms with E-state index in [4.69, 9.17) is 0 Å². The quantitative estimate of drug-likeness (QED) is 0.521. The minimum absolute atomic E-state index is 0.0955. The molecule has 2 saturated carbocycles. The van der Waals surface area contributed by atoms with Gasteiger partial charge in [0.15, 0.2) is 0 Å². The molecule has 0 unspecified atom stereocenters. The standard InChI is InChI=1S/C10H16O/c1-7-4-3-5-8-6-9(11)10(7,8)2/h7-8H,3-6H2,1-2H3/t7-,8-,10-/m0/s1. The van der Waals surface area contributed by atoms with E-state index in [1.54, 1.807) is 0 Å². The molecule has 0 aromatic heterocycles. The molecule has 11 heavy (non-hydrogen) atoms. The van der Waals surface area contributed by atoms with Crippen molar-refractivity contribution >= 4 is 5.78 Å². The van der Waals surface area contributed by atoms with E-state index in [0.29, 0.717) is 11.7 Å². The molecule has 62 valence electrons. The summed E-state index contributed by atoms with van der Waals surface area (Å²) in [6.45, 7) is 4.41. The maximum Gasteiger partial charge on any atom is 0.139 e. The van der Waals surface area contributed by atoms with Gasteiger partial charge in [0, 0.05) is 11.8 Å². The zero-order chi connectivity index (χ0) is 8.06. The lowest BCUT2D eigenvalue weighted by atomic mass is 9.50. The number of Topliss-reactive ketones (excluding diaryl/α,β-unsaturated/α-hetero) is 1. The van der Waals surface area contributed by atoms with Gasteiger partial charge in [-0.2, -0.15) is 0 Å². The summed E-state index contributed by atoms with van der Waals surface area (Å²) in [6.07, 6.45) is 4.78. The number of rotatable bonds is 0. The molecule has 0 N–H and O–H groups in total. The SMILES string of the molecule is C[C@H]1CCC[C@H]2CC(=O)[C@]21C. The van der Waals surface area contributed by atoms with Crippen molar-refractivity contribution in [2.45, 2.75) is 39.5 Å². The molecule has 0 aromatic rings. The highest BCUT2D eigenvalue weighted by molar-refractivity contribution is 5.91. The Hall–Kier alpha value is -0.330. The normalized spacial score (nSPS) is 49.8. The molecule has 2 rings (SSSR count). The molecule has 2 fully saturated rings.